The molecule has 41 heavy (non-hydrogen) atoms. The Labute approximate surface area is 251 Å². The first-order valence-corrected chi connectivity index (χ1v) is 16.1. The zero-order valence-corrected chi connectivity index (χ0v) is 26.0. The highest BCUT2D eigenvalue weighted by Gasteiger charge is 2.34. The van der Waals surface area contributed by atoms with E-state index in [-0.39, 0.29) is 24.3 Å². The van der Waals surface area contributed by atoms with Crippen molar-refractivity contribution in [3.05, 3.63) is 43.0 Å². The summed E-state index contributed by atoms with van der Waals surface area (Å²) in [5.41, 5.74) is 1.61. The van der Waals surface area contributed by atoms with Crippen LogP contribution >= 0.6 is 11.8 Å². The lowest BCUT2D eigenvalue weighted by molar-refractivity contribution is -0.121. The molecule has 2 heterocycles. The molecule has 3 rings (SSSR count). The van der Waals surface area contributed by atoms with Gasteiger partial charge in [0.25, 0.3) is 0 Å². The number of anilines is 1. The van der Waals surface area contributed by atoms with E-state index in [1.54, 1.807) is 11.9 Å². The van der Waals surface area contributed by atoms with Crippen molar-refractivity contribution in [2.24, 2.45) is 0 Å². The second-order valence-electron chi connectivity index (χ2n) is 11.0. The Kier molecular flexibility index (Phi) is 14.1. The number of hydrogen-bond acceptors (Lipinski definition) is 7. The van der Waals surface area contributed by atoms with E-state index in [1.807, 2.05) is 50.1 Å². The molecule has 2 aliphatic heterocycles. The Morgan fingerprint density at radius 2 is 2.00 bits per heavy atom. The number of ether oxygens (including phenoxy) is 2. The second-order valence-corrected chi connectivity index (χ2v) is 12.2. The van der Waals surface area contributed by atoms with Gasteiger partial charge >= 0.3 is 0 Å². The summed E-state index contributed by atoms with van der Waals surface area (Å²) in [5, 5.41) is 10.5. The van der Waals surface area contributed by atoms with Crippen LogP contribution in [0.2, 0.25) is 0 Å². The van der Waals surface area contributed by atoms with Crippen LogP contribution in [0.5, 0.6) is 11.5 Å². The molecule has 0 bridgehead atoms. The maximum Gasteiger partial charge on any atom is 0.230 e. The molecule has 4 atom stereocenters. The lowest BCUT2D eigenvalue weighted by Gasteiger charge is -2.23. The van der Waals surface area contributed by atoms with Gasteiger partial charge in [-0.25, -0.2) is 0 Å². The van der Waals surface area contributed by atoms with Crippen molar-refractivity contribution < 1.29 is 19.1 Å². The van der Waals surface area contributed by atoms with Gasteiger partial charge in [0.05, 0.1) is 18.7 Å². The number of nitrogens with zero attached hydrogens (tertiary/aromatic N) is 1. The molecule has 1 unspecified atom stereocenters. The van der Waals surface area contributed by atoms with Gasteiger partial charge in [-0.2, -0.15) is 11.8 Å². The Morgan fingerprint density at radius 3 is 2.76 bits per heavy atom. The van der Waals surface area contributed by atoms with E-state index in [4.69, 9.17) is 9.47 Å². The number of fused-ring (bicyclic) bond motifs is 1. The lowest BCUT2D eigenvalue weighted by Crippen LogP contribution is -2.47. The number of hydrogen-bond donors (Lipinski definition) is 3. The van der Waals surface area contributed by atoms with E-state index in [9.17, 15) is 9.59 Å². The van der Waals surface area contributed by atoms with Crippen molar-refractivity contribution in [3.63, 3.8) is 0 Å². The molecule has 0 saturated carbocycles. The maximum atomic E-state index is 12.8. The summed E-state index contributed by atoms with van der Waals surface area (Å²) in [6.45, 7) is 9.17. The standard InChI is InChI=1S/C32H50N4O4S/c1-6-7-13-23(2)28-21-31(38)36(5)26-20-24(16-17-27(26)40-28)39-19-12-8-11-18-35-30(37)15-10-9-14-29-32(34-4)25(33-3)22-41-29/h6,16-17,20,25,28-29,32-34H,1-2,7-15,18-19,21-22H2,3-5H3,(H,35,37)/t25-,28-,29?,32-/m0/s1. The van der Waals surface area contributed by atoms with Crippen molar-refractivity contribution in [2.45, 2.75) is 87.6 Å². The van der Waals surface area contributed by atoms with E-state index in [0.717, 1.165) is 62.7 Å². The molecule has 3 N–H and O–H groups in total. The minimum absolute atomic E-state index is 0.00869. The summed E-state index contributed by atoms with van der Waals surface area (Å²) < 4.78 is 12.1. The molecule has 0 radical (unpaired) electrons. The maximum absolute atomic E-state index is 12.8. The van der Waals surface area contributed by atoms with Crippen LogP contribution in [-0.2, 0) is 9.59 Å². The molecule has 1 aromatic rings. The van der Waals surface area contributed by atoms with Crippen molar-refractivity contribution in [2.75, 3.05) is 44.9 Å². The highest BCUT2D eigenvalue weighted by molar-refractivity contribution is 8.00. The normalized spacial score (nSPS) is 22.0. The molecule has 9 heteroatoms. The molecule has 0 spiro atoms. The molecular formula is C32H50N4O4S. The van der Waals surface area contributed by atoms with Crippen LogP contribution in [0, 0.1) is 0 Å². The van der Waals surface area contributed by atoms with Crippen LogP contribution in [0.25, 0.3) is 0 Å². The predicted molar refractivity (Wildman–Crippen MR) is 170 cm³/mol. The van der Waals surface area contributed by atoms with E-state index in [2.05, 4.69) is 29.1 Å². The largest absolute Gasteiger partial charge is 0.494 e. The number of unbranched alkanes of at least 4 members (excludes halogenated alkanes) is 3. The third kappa shape index (κ3) is 10.1. The van der Waals surface area contributed by atoms with Crippen LogP contribution in [-0.4, -0.2) is 75.3 Å². The first-order chi connectivity index (χ1) is 19.9. The number of carbonyl (C=O) groups excluding carboxylic acids is 2. The van der Waals surface area contributed by atoms with Crippen LogP contribution in [0.1, 0.15) is 64.2 Å². The first-order valence-electron chi connectivity index (χ1n) is 15.1. The van der Waals surface area contributed by atoms with Gasteiger partial charge < -0.3 is 30.3 Å². The number of nitrogens with one attached hydrogen (secondary N) is 3. The van der Waals surface area contributed by atoms with Gasteiger partial charge in [-0.15, -0.1) is 6.58 Å². The fourth-order valence-corrected chi connectivity index (χ4v) is 7.09. The molecular weight excluding hydrogens is 536 g/mol. The van der Waals surface area contributed by atoms with E-state index in [0.29, 0.717) is 54.1 Å². The minimum Gasteiger partial charge on any atom is -0.494 e. The second kappa shape index (κ2) is 17.5. The number of benzene rings is 1. The summed E-state index contributed by atoms with van der Waals surface area (Å²) in [7, 11) is 5.84. The lowest BCUT2D eigenvalue weighted by atomic mass is 10.0. The van der Waals surface area contributed by atoms with Crippen LogP contribution in [0.3, 0.4) is 0 Å². The summed E-state index contributed by atoms with van der Waals surface area (Å²) >= 11 is 2.04. The number of rotatable bonds is 18. The highest BCUT2D eigenvalue weighted by Crippen LogP contribution is 2.37. The Bertz CT molecular complexity index is 1020. The van der Waals surface area contributed by atoms with Gasteiger partial charge in [-0.05, 0) is 76.7 Å². The molecule has 1 fully saturated rings. The van der Waals surface area contributed by atoms with Gasteiger partial charge in [0.2, 0.25) is 11.8 Å². The molecule has 2 aliphatic rings. The van der Waals surface area contributed by atoms with Gasteiger partial charge in [-0.3, -0.25) is 9.59 Å². The van der Waals surface area contributed by atoms with Crippen molar-refractivity contribution in [3.8, 4) is 11.5 Å². The number of amides is 2. The molecule has 228 valence electrons. The molecule has 8 nitrogen and oxygen atoms in total. The fraction of sp³-hybridized carbons (Fsp3) is 0.625. The molecule has 1 saturated heterocycles. The number of likely N-dealkylation sites (N-methyl/N-ethyl adjacent to an activating group) is 2. The van der Waals surface area contributed by atoms with Gasteiger partial charge in [0.1, 0.15) is 17.6 Å². The van der Waals surface area contributed by atoms with Gasteiger partial charge in [0, 0.05) is 49.2 Å². The topological polar surface area (TPSA) is 91.9 Å². The molecule has 1 aromatic carbocycles. The Morgan fingerprint density at radius 1 is 1.17 bits per heavy atom. The number of carbonyl (C=O) groups is 2. The van der Waals surface area contributed by atoms with E-state index in [1.165, 1.54) is 0 Å². The van der Waals surface area contributed by atoms with Crippen molar-refractivity contribution >= 4 is 29.3 Å². The fourth-order valence-electron chi connectivity index (χ4n) is 5.40. The quantitative estimate of drug-likeness (QED) is 0.168. The average Bonchev–Trinajstić information content (AvgIpc) is 3.33. The third-order valence-corrected chi connectivity index (χ3v) is 9.51. The Hall–Kier alpha value is -2.49. The van der Waals surface area contributed by atoms with Crippen molar-refractivity contribution in [1.29, 1.82) is 0 Å². The van der Waals surface area contributed by atoms with E-state index < -0.39 is 0 Å². The summed E-state index contributed by atoms with van der Waals surface area (Å²) in [6, 6.07) is 6.65. The summed E-state index contributed by atoms with van der Waals surface area (Å²) in [4.78, 5) is 26.6. The average molecular weight is 587 g/mol. The van der Waals surface area contributed by atoms with Crippen LogP contribution in [0.15, 0.2) is 43.0 Å². The van der Waals surface area contributed by atoms with Gasteiger partial charge in [0.15, 0.2) is 0 Å². The summed E-state index contributed by atoms with van der Waals surface area (Å²) in [5.74, 6) is 2.66. The van der Waals surface area contributed by atoms with E-state index >= 15 is 0 Å². The summed E-state index contributed by atoms with van der Waals surface area (Å²) in [6.07, 6.45) is 9.90. The van der Waals surface area contributed by atoms with Crippen LogP contribution in [0.4, 0.5) is 5.69 Å². The Balaban J connectivity index is 1.29. The SMILES string of the molecule is C=CCCC(=C)[C@@H]1CC(=O)N(C)c2cc(OCCCCCNC(=O)CCCCC3SC[C@H](NC)[C@@H]3NC)ccc2O1. The molecule has 0 aromatic heterocycles. The highest BCUT2D eigenvalue weighted by atomic mass is 32.2. The monoisotopic (exact) mass is 586 g/mol. The third-order valence-electron chi connectivity index (χ3n) is 8.00. The number of allylic oxidation sites excluding steroid dienone is 1. The molecule has 0 aliphatic carbocycles. The van der Waals surface area contributed by atoms with Crippen molar-refractivity contribution in [1.82, 2.24) is 16.0 Å². The smallest absolute Gasteiger partial charge is 0.230 e. The zero-order chi connectivity index (χ0) is 29.6. The van der Waals surface area contributed by atoms with Crippen LogP contribution < -0.4 is 30.3 Å². The minimum atomic E-state index is -0.341. The molecule has 2 amide bonds. The predicted octanol–water partition coefficient (Wildman–Crippen LogP) is 4.84. The van der Waals surface area contributed by atoms with Gasteiger partial charge in [-0.1, -0.05) is 19.1 Å². The number of thioether (sulfide) groups is 1. The zero-order valence-electron chi connectivity index (χ0n) is 25.2. The first kappa shape index (κ1) is 33.0.